The molecule has 0 atom stereocenters. The van der Waals surface area contributed by atoms with E-state index in [4.69, 9.17) is 15.5 Å². The van der Waals surface area contributed by atoms with E-state index < -0.39 is 6.09 Å². The summed E-state index contributed by atoms with van der Waals surface area (Å²) < 4.78 is 0. The molecular formula is C11H23NO5. The number of carbonyl (C=O) groups excluding carboxylic acids is 1. The summed E-state index contributed by atoms with van der Waals surface area (Å²) in [5.74, 6) is 0. The number of aliphatic hydroxyl groups is 2. The van der Waals surface area contributed by atoms with Gasteiger partial charge in [-0.1, -0.05) is 13.8 Å². The third-order valence-electron chi connectivity index (χ3n) is 2.55. The zero-order chi connectivity index (χ0) is 13.3. The maximum Gasteiger partial charge on any atom is 0.441 e. The minimum atomic E-state index is -0.625. The summed E-state index contributed by atoms with van der Waals surface area (Å²) in [5.41, 5.74) is -0.306. The Hall–Kier alpha value is -0.850. The van der Waals surface area contributed by atoms with Crippen molar-refractivity contribution in [2.24, 2.45) is 5.41 Å². The van der Waals surface area contributed by atoms with Crippen molar-refractivity contribution in [3.05, 3.63) is 0 Å². The molecule has 102 valence electrons. The van der Waals surface area contributed by atoms with Gasteiger partial charge in [0.15, 0.2) is 0 Å². The summed E-state index contributed by atoms with van der Waals surface area (Å²) in [4.78, 5) is 15.7. The molecule has 3 N–H and O–H groups in total. The van der Waals surface area contributed by atoms with Crippen molar-refractivity contribution in [3.8, 4) is 0 Å². The molecule has 6 heteroatoms. The van der Waals surface area contributed by atoms with Crippen LogP contribution in [0.3, 0.4) is 0 Å². The van der Waals surface area contributed by atoms with E-state index in [2.05, 4.69) is 4.89 Å². The lowest BCUT2D eigenvalue weighted by molar-refractivity contribution is -0.188. The van der Waals surface area contributed by atoms with Gasteiger partial charge >= 0.3 is 6.09 Å². The number of hydrogen-bond donors (Lipinski definition) is 3. The highest BCUT2D eigenvalue weighted by Crippen LogP contribution is 2.10. The smallest absolute Gasteiger partial charge is 0.396 e. The average Bonchev–Trinajstić information content (AvgIpc) is 2.39. The molecule has 0 bridgehead atoms. The van der Waals surface area contributed by atoms with Crippen molar-refractivity contribution in [1.29, 1.82) is 0 Å². The summed E-state index contributed by atoms with van der Waals surface area (Å²) in [6.45, 7) is 5.10. The number of amides is 1. The lowest BCUT2D eigenvalue weighted by Crippen LogP contribution is -2.35. The number of aliphatic hydroxyl groups excluding tert-OH is 2. The molecule has 0 spiro atoms. The Morgan fingerprint density at radius 3 is 1.94 bits per heavy atom. The first-order chi connectivity index (χ1) is 7.96. The molecule has 0 saturated carbocycles. The highest BCUT2D eigenvalue weighted by molar-refractivity contribution is 5.66. The molecule has 1 rings (SSSR count). The van der Waals surface area contributed by atoms with Gasteiger partial charge in [-0.25, -0.2) is 4.79 Å². The Labute approximate surface area is 102 Å². The van der Waals surface area contributed by atoms with Crippen LogP contribution in [0.1, 0.15) is 33.1 Å². The first-order valence-corrected chi connectivity index (χ1v) is 5.79. The summed E-state index contributed by atoms with van der Waals surface area (Å²) in [5, 5.41) is 24.9. The highest BCUT2D eigenvalue weighted by Gasteiger charge is 2.16. The number of nitrogens with zero attached hydrogens (tertiary/aromatic N) is 1. The first kappa shape index (κ1) is 16.1. The van der Waals surface area contributed by atoms with Crippen LogP contribution < -0.4 is 0 Å². The normalized spacial score (nSPS) is 15.9. The Balaban J connectivity index is 0.000000325. The van der Waals surface area contributed by atoms with Crippen molar-refractivity contribution in [2.45, 2.75) is 33.1 Å². The van der Waals surface area contributed by atoms with E-state index in [1.807, 2.05) is 0 Å². The maximum absolute atomic E-state index is 10.6. The molecule has 0 unspecified atom stereocenters. The highest BCUT2D eigenvalue weighted by atomic mass is 17.1. The quantitative estimate of drug-likeness (QED) is 0.503. The van der Waals surface area contributed by atoms with Crippen molar-refractivity contribution in [2.75, 3.05) is 26.3 Å². The second kappa shape index (κ2) is 8.27. The summed E-state index contributed by atoms with van der Waals surface area (Å²) in [7, 11) is 0. The summed E-state index contributed by atoms with van der Waals surface area (Å²) in [6.07, 6.45) is 2.55. The molecule has 0 aliphatic carbocycles. The fourth-order valence-electron chi connectivity index (χ4n) is 1.18. The van der Waals surface area contributed by atoms with Crippen LogP contribution in [0.15, 0.2) is 0 Å². The predicted molar refractivity (Wildman–Crippen MR) is 62.5 cm³/mol. The number of carbonyl (C=O) groups is 1. The van der Waals surface area contributed by atoms with Crippen molar-refractivity contribution in [1.82, 2.24) is 4.90 Å². The minimum Gasteiger partial charge on any atom is -0.396 e. The Morgan fingerprint density at radius 1 is 1.18 bits per heavy atom. The van der Waals surface area contributed by atoms with E-state index in [0.717, 1.165) is 19.3 Å². The zero-order valence-electron chi connectivity index (χ0n) is 10.6. The number of likely N-dealkylation sites (tertiary alicyclic amines) is 1. The molecule has 1 aliphatic heterocycles. The van der Waals surface area contributed by atoms with E-state index >= 15 is 0 Å². The van der Waals surface area contributed by atoms with Gasteiger partial charge in [-0.15, -0.1) is 0 Å². The molecule has 1 heterocycles. The van der Waals surface area contributed by atoms with Crippen LogP contribution in [0.2, 0.25) is 0 Å². The van der Waals surface area contributed by atoms with Gasteiger partial charge in [0, 0.05) is 18.5 Å². The third kappa shape index (κ3) is 7.14. The molecule has 0 aromatic rings. The Kier molecular flexibility index (Phi) is 7.86. The van der Waals surface area contributed by atoms with E-state index in [9.17, 15) is 4.79 Å². The third-order valence-corrected chi connectivity index (χ3v) is 2.55. The molecular weight excluding hydrogens is 226 g/mol. The van der Waals surface area contributed by atoms with Crippen LogP contribution in [-0.4, -0.2) is 52.8 Å². The van der Waals surface area contributed by atoms with Gasteiger partial charge in [0.1, 0.15) is 0 Å². The van der Waals surface area contributed by atoms with Gasteiger partial charge in [0.25, 0.3) is 0 Å². The van der Waals surface area contributed by atoms with E-state index in [0.29, 0.717) is 13.1 Å². The second-order valence-corrected chi connectivity index (χ2v) is 4.89. The van der Waals surface area contributed by atoms with E-state index in [1.165, 1.54) is 4.90 Å². The van der Waals surface area contributed by atoms with Crippen molar-refractivity contribution in [3.63, 3.8) is 0 Å². The second-order valence-electron chi connectivity index (χ2n) is 4.89. The van der Waals surface area contributed by atoms with Gasteiger partial charge in [-0.3, -0.25) is 4.89 Å². The van der Waals surface area contributed by atoms with Crippen LogP contribution in [0, 0.1) is 5.41 Å². The SMILES string of the molecule is CC(C)(CO)CO.O=C(OO)N1CCCCC1. The lowest BCUT2D eigenvalue weighted by atomic mass is 9.97. The Bertz CT molecular complexity index is 208. The molecule has 1 aliphatic rings. The molecule has 0 aromatic heterocycles. The van der Waals surface area contributed by atoms with Gasteiger partial charge < -0.3 is 15.1 Å². The van der Waals surface area contributed by atoms with Crippen LogP contribution in [0.25, 0.3) is 0 Å². The van der Waals surface area contributed by atoms with E-state index in [1.54, 1.807) is 13.8 Å². The van der Waals surface area contributed by atoms with Gasteiger partial charge in [0.05, 0.1) is 13.2 Å². The van der Waals surface area contributed by atoms with Crippen molar-refractivity contribution >= 4 is 6.09 Å². The van der Waals surface area contributed by atoms with Crippen LogP contribution >= 0.6 is 0 Å². The van der Waals surface area contributed by atoms with Crippen LogP contribution in [0.4, 0.5) is 4.79 Å². The molecule has 0 radical (unpaired) electrons. The molecule has 17 heavy (non-hydrogen) atoms. The molecule has 1 saturated heterocycles. The van der Waals surface area contributed by atoms with Gasteiger partial charge in [-0.05, 0) is 19.3 Å². The Morgan fingerprint density at radius 2 is 1.65 bits per heavy atom. The van der Waals surface area contributed by atoms with Gasteiger partial charge in [-0.2, -0.15) is 5.26 Å². The monoisotopic (exact) mass is 249 g/mol. The molecule has 6 nitrogen and oxygen atoms in total. The summed E-state index contributed by atoms with van der Waals surface area (Å²) >= 11 is 0. The number of hydrogen-bond acceptors (Lipinski definition) is 5. The maximum atomic E-state index is 10.6. The standard InChI is InChI=1S/C6H11NO3.C5H12O2/c8-6(10-9)7-4-2-1-3-5-7;1-5(2,3-6)4-7/h9H,1-5H2;6-7H,3-4H2,1-2H3. The zero-order valence-corrected chi connectivity index (χ0v) is 10.6. The molecule has 1 fully saturated rings. The van der Waals surface area contributed by atoms with Crippen LogP contribution in [0.5, 0.6) is 0 Å². The molecule has 0 aromatic carbocycles. The van der Waals surface area contributed by atoms with Crippen LogP contribution in [-0.2, 0) is 4.89 Å². The average molecular weight is 249 g/mol. The van der Waals surface area contributed by atoms with Crippen molar-refractivity contribution < 1.29 is 25.2 Å². The summed E-state index contributed by atoms with van der Waals surface area (Å²) in [6, 6.07) is 0. The van der Waals surface area contributed by atoms with Gasteiger partial charge in [0.2, 0.25) is 0 Å². The first-order valence-electron chi connectivity index (χ1n) is 5.79. The van der Waals surface area contributed by atoms with E-state index in [-0.39, 0.29) is 18.6 Å². The fraction of sp³-hybridized carbons (Fsp3) is 0.909. The fourth-order valence-corrected chi connectivity index (χ4v) is 1.18. The topological polar surface area (TPSA) is 90.2 Å². The predicted octanol–water partition coefficient (Wildman–Crippen LogP) is 1.08. The largest absolute Gasteiger partial charge is 0.441 e. The number of piperidine rings is 1. The minimum absolute atomic E-state index is 0.0451. The molecule has 1 amide bonds. The lowest BCUT2D eigenvalue weighted by Gasteiger charge is -2.23. The number of rotatable bonds is 2.